The first-order valence-corrected chi connectivity index (χ1v) is 12.4. The van der Waals surface area contributed by atoms with Gasteiger partial charge in [-0.25, -0.2) is 14.4 Å². The summed E-state index contributed by atoms with van der Waals surface area (Å²) in [6, 6.07) is 2.69. The van der Waals surface area contributed by atoms with Crippen molar-refractivity contribution in [2.75, 3.05) is 18.1 Å². The van der Waals surface area contributed by atoms with E-state index in [0.29, 0.717) is 49.1 Å². The molecule has 2 aromatic heterocycles. The molecular weight excluding hydrogens is 514 g/mol. The molecule has 0 amide bonds. The molecule has 0 radical (unpaired) electrons. The molecule has 0 N–H and O–H groups in total. The van der Waals surface area contributed by atoms with Crippen molar-refractivity contribution in [1.29, 1.82) is 0 Å². The van der Waals surface area contributed by atoms with Gasteiger partial charge in [-0.1, -0.05) is 24.6 Å². The van der Waals surface area contributed by atoms with E-state index in [1.165, 1.54) is 17.2 Å². The van der Waals surface area contributed by atoms with Crippen molar-refractivity contribution in [2.24, 2.45) is 0 Å². The van der Waals surface area contributed by atoms with Gasteiger partial charge in [0.15, 0.2) is 6.23 Å². The highest BCUT2D eigenvalue weighted by molar-refractivity contribution is 6.33. The fourth-order valence-corrected chi connectivity index (χ4v) is 5.29. The molecule has 2 aliphatic rings. The summed E-state index contributed by atoms with van der Waals surface area (Å²) >= 11 is 6.47. The fraction of sp³-hybridized carbons (Fsp3) is 0.440. The van der Waals surface area contributed by atoms with Gasteiger partial charge in [-0.3, -0.25) is 4.79 Å². The minimum absolute atomic E-state index is 0.0244. The molecule has 4 heterocycles. The summed E-state index contributed by atoms with van der Waals surface area (Å²) in [5.74, 6) is -1.70. The van der Waals surface area contributed by atoms with Crippen LogP contribution < -0.4 is 10.5 Å². The predicted octanol–water partition coefficient (Wildman–Crippen LogP) is 5.26. The van der Waals surface area contributed by atoms with E-state index in [9.17, 15) is 22.4 Å². The zero-order valence-electron chi connectivity index (χ0n) is 19.9. The summed E-state index contributed by atoms with van der Waals surface area (Å²) in [6.45, 7) is 2.88. The first kappa shape index (κ1) is 25.6. The molecule has 2 aliphatic heterocycles. The Hall–Kier alpha value is -3.05. The van der Waals surface area contributed by atoms with E-state index >= 15 is 0 Å². The molecule has 7 nitrogen and oxygen atoms in total. The minimum Gasteiger partial charge on any atom is -0.363 e. The molecule has 2 atom stereocenters. The maximum Gasteiger partial charge on any atom is 0.416 e. The first-order valence-electron chi connectivity index (χ1n) is 12.0. The van der Waals surface area contributed by atoms with Crippen molar-refractivity contribution in [3.63, 3.8) is 0 Å². The third-order valence-corrected chi connectivity index (χ3v) is 7.29. The van der Waals surface area contributed by atoms with Gasteiger partial charge in [0.05, 0.1) is 35.4 Å². The number of ether oxygens (including phenoxy) is 1. The Morgan fingerprint density at radius 3 is 2.76 bits per heavy atom. The molecule has 1 fully saturated rings. The van der Waals surface area contributed by atoms with Crippen molar-refractivity contribution >= 4 is 17.3 Å². The highest BCUT2D eigenvalue weighted by Crippen LogP contribution is 2.39. The predicted molar refractivity (Wildman–Crippen MR) is 128 cm³/mol. The smallest absolute Gasteiger partial charge is 0.363 e. The summed E-state index contributed by atoms with van der Waals surface area (Å²) in [4.78, 5) is 23.5. The van der Waals surface area contributed by atoms with Crippen LogP contribution in [-0.2, 0) is 23.9 Å². The number of hydrogen-bond acceptors (Lipinski definition) is 6. The monoisotopic (exact) mass is 537 g/mol. The van der Waals surface area contributed by atoms with E-state index in [-0.39, 0.29) is 17.1 Å². The zero-order valence-corrected chi connectivity index (χ0v) is 20.7. The van der Waals surface area contributed by atoms with Crippen LogP contribution in [0.1, 0.15) is 66.4 Å². The lowest BCUT2D eigenvalue weighted by molar-refractivity contribution is -0.138. The topological polar surface area (TPSA) is 73.1 Å². The number of rotatable bonds is 4. The fourth-order valence-electron chi connectivity index (χ4n) is 5.04. The molecule has 1 aromatic carbocycles. The van der Waals surface area contributed by atoms with Gasteiger partial charge in [-0.2, -0.15) is 23.0 Å². The standard InChI is InChI=1S/C25H24ClF4N5O2/c1-14(16-6-5-15(27)10-18(16)25(28,29)30)23-17-7-8-34(12-19(17)31-13-32-23)20-11-33-35(24(36)22(20)26)21-4-2-3-9-37-21/h5-6,10-11,13-14,21H,2-4,7-9,12H2,1H3/t14-,21?/m1/s1. The molecule has 0 saturated carbocycles. The number of benzene rings is 1. The van der Waals surface area contributed by atoms with Crippen LogP contribution in [0.4, 0.5) is 23.2 Å². The Bertz CT molecular complexity index is 1370. The summed E-state index contributed by atoms with van der Waals surface area (Å²) < 4.78 is 61.5. The minimum atomic E-state index is -4.71. The number of aromatic nitrogens is 4. The molecule has 37 heavy (non-hydrogen) atoms. The van der Waals surface area contributed by atoms with Crippen LogP contribution in [0.5, 0.6) is 0 Å². The van der Waals surface area contributed by atoms with E-state index in [0.717, 1.165) is 30.5 Å². The molecule has 1 unspecified atom stereocenters. The number of nitrogens with zero attached hydrogens (tertiary/aromatic N) is 5. The van der Waals surface area contributed by atoms with E-state index < -0.39 is 35.3 Å². The van der Waals surface area contributed by atoms with Gasteiger partial charge in [0, 0.05) is 19.1 Å². The number of halogens is 5. The molecular formula is C25H24ClF4N5O2. The third-order valence-electron chi connectivity index (χ3n) is 6.93. The molecule has 12 heteroatoms. The summed E-state index contributed by atoms with van der Waals surface area (Å²) in [5, 5.41) is 4.33. The lowest BCUT2D eigenvalue weighted by atomic mass is 9.88. The molecule has 3 aromatic rings. The third kappa shape index (κ3) is 4.94. The zero-order chi connectivity index (χ0) is 26.3. The summed E-state index contributed by atoms with van der Waals surface area (Å²) in [7, 11) is 0. The van der Waals surface area contributed by atoms with Gasteiger partial charge in [0.1, 0.15) is 17.2 Å². The maximum absolute atomic E-state index is 13.6. The SMILES string of the molecule is C[C@H](c1ccc(F)cc1C(F)(F)F)c1ncnc2c1CCN(c1cnn(C3CCCCO3)c(=O)c1Cl)C2. The Kier molecular flexibility index (Phi) is 6.93. The van der Waals surface area contributed by atoms with Crippen LogP contribution in [-0.4, -0.2) is 32.9 Å². The highest BCUT2D eigenvalue weighted by Gasteiger charge is 2.36. The second-order valence-electron chi connectivity index (χ2n) is 9.22. The summed E-state index contributed by atoms with van der Waals surface area (Å²) in [6.07, 6.45) is 0.664. The highest BCUT2D eigenvalue weighted by atomic mass is 35.5. The quantitative estimate of drug-likeness (QED) is 0.423. The van der Waals surface area contributed by atoms with Crippen LogP contribution in [0.3, 0.4) is 0 Å². The second-order valence-corrected chi connectivity index (χ2v) is 9.60. The van der Waals surface area contributed by atoms with Crippen LogP contribution in [0.2, 0.25) is 5.02 Å². The molecule has 1 saturated heterocycles. The second kappa shape index (κ2) is 10.0. The van der Waals surface area contributed by atoms with Crippen molar-refractivity contribution in [3.8, 4) is 0 Å². The number of anilines is 1. The maximum atomic E-state index is 13.6. The van der Waals surface area contributed by atoms with E-state index in [1.54, 1.807) is 6.92 Å². The van der Waals surface area contributed by atoms with Crippen molar-refractivity contribution in [3.05, 3.63) is 80.0 Å². The molecule has 196 valence electrons. The molecule has 0 bridgehead atoms. The van der Waals surface area contributed by atoms with Gasteiger partial charge in [-0.15, -0.1) is 0 Å². The average molecular weight is 538 g/mol. The van der Waals surface area contributed by atoms with Gasteiger partial charge in [0.25, 0.3) is 5.56 Å². The number of hydrogen-bond donors (Lipinski definition) is 0. The van der Waals surface area contributed by atoms with Crippen molar-refractivity contribution < 1.29 is 22.3 Å². The van der Waals surface area contributed by atoms with Crippen molar-refractivity contribution in [1.82, 2.24) is 19.7 Å². The van der Waals surface area contributed by atoms with Crippen molar-refractivity contribution in [2.45, 2.75) is 57.5 Å². The van der Waals surface area contributed by atoms with E-state index in [1.807, 2.05) is 4.90 Å². The average Bonchev–Trinajstić information content (AvgIpc) is 2.89. The largest absolute Gasteiger partial charge is 0.416 e. The number of fused-ring (bicyclic) bond motifs is 1. The van der Waals surface area contributed by atoms with Gasteiger partial charge in [0.2, 0.25) is 0 Å². The normalized spacial score (nSPS) is 19.0. The van der Waals surface area contributed by atoms with E-state index in [2.05, 4.69) is 15.1 Å². The Morgan fingerprint density at radius 1 is 1.22 bits per heavy atom. The van der Waals surface area contributed by atoms with Crippen LogP contribution in [0, 0.1) is 5.82 Å². The Morgan fingerprint density at radius 2 is 2.03 bits per heavy atom. The van der Waals surface area contributed by atoms with Gasteiger partial charge >= 0.3 is 6.18 Å². The van der Waals surface area contributed by atoms with E-state index in [4.69, 9.17) is 16.3 Å². The lowest BCUT2D eigenvalue weighted by Gasteiger charge is -2.32. The van der Waals surface area contributed by atoms with Crippen LogP contribution in [0.25, 0.3) is 0 Å². The molecule has 0 spiro atoms. The summed E-state index contributed by atoms with van der Waals surface area (Å²) in [5.41, 5.74) is 0.741. The number of alkyl halides is 3. The molecule has 0 aliphatic carbocycles. The Labute approximate surface area is 215 Å². The Balaban J connectivity index is 1.44. The van der Waals surface area contributed by atoms with Gasteiger partial charge < -0.3 is 9.64 Å². The van der Waals surface area contributed by atoms with Crippen LogP contribution in [0.15, 0.2) is 35.5 Å². The van der Waals surface area contributed by atoms with Crippen LogP contribution >= 0.6 is 11.6 Å². The molecule has 5 rings (SSSR count). The van der Waals surface area contributed by atoms with Gasteiger partial charge in [-0.05, 0) is 48.9 Å². The lowest BCUT2D eigenvalue weighted by Crippen LogP contribution is -2.36. The first-order chi connectivity index (χ1) is 17.6.